The number of carbonyl (C=O) groups is 3. The van der Waals surface area contributed by atoms with Crippen LogP contribution >= 0.6 is 0 Å². The largest absolute Gasteiger partial charge is 0.481 e. The zero-order valence-corrected chi connectivity index (χ0v) is 7.80. The second kappa shape index (κ2) is 4.56. The predicted octanol–water partition coefficient (Wildman–Crippen LogP) is -0.692. The van der Waals surface area contributed by atoms with E-state index in [1.54, 1.807) is 0 Å². The van der Waals surface area contributed by atoms with Gasteiger partial charge in [-0.1, -0.05) is 6.08 Å². The van der Waals surface area contributed by atoms with Gasteiger partial charge < -0.3 is 20.4 Å². The summed E-state index contributed by atoms with van der Waals surface area (Å²) >= 11 is 0. The number of hydrogen-bond acceptors (Lipinski definition) is 4. The van der Waals surface area contributed by atoms with Gasteiger partial charge in [0, 0.05) is 0 Å². The van der Waals surface area contributed by atoms with Crippen molar-refractivity contribution < 1.29 is 34.8 Å². The fraction of sp³-hybridized carbons (Fsp3) is 0.375. The SMILES string of the molecule is C/C=C(\C(=O)O)C(O)(CC(=O)O)C(=O)O. The molecule has 0 bridgehead atoms. The van der Waals surface area contributed by atoms with Gasteiger partial charge >= 0.3 is 17.9 Å². The molecule has 1 unspecified atom stereocenters. The molecule has 0 spiro atoms. The van der Waals surface area contributed by atoms with Crippen LogP contribution in [-0.2, 0) is 14.4 Å². The Morgan fingerprint density at radius 3 is 1.87 bits per heavy atom. The van der Waals surface area contributed by atoms with Crippen LogP contribution in [0, 0.1) is 0 Å². The van der Waals surface area contributed by atoms with Gasteiger partial charge in [0.05, 0.1) is 12.0 Å². The van der Waals surface area contributed by atoms with Crippen molar-refractivity contribution in [1.82, 2.24) is 0 Å². The fourth-order valence-corrected chi connectivity index (χ4v) is 1.04. The molecular formula is C8H10O7. The zero-order chi connectivity index (χ0) is 12.2. The summed E-state index contributed by atoms with van der Waals surface area (Å²) in [4.78, 5) is 31.5. The normalized spacial score (nSPS) is 15.5. The molecule has 0 radical (unpaired) electrons. The number of carboxylic acid groups (broad SMARTS) is 3. The summed E-state index contributed by atoms with van der Waals surface area (Å²) in [6.45, 7) is 1.19. The second-order valence-electron chi connectivity index (χ2n) is 2.74. The molecule has 84 valence electrons. The summed E-state index contributed by atoms with van der Waals surface area (Å²) in [7, 11) is 0. The van der Waals surface area contributed by atoms with Gasteiger partial charge in [0.15, 0.2) is 0 Å². The summed E-state index contributed by atoms with van der Waals surface area (Å²) < 4.78 is 0. The monoisotopic (exact) mass is 218 g/mol. The summed E-state index contributed by atoms with van der Waals surface area (Å²) in [5.74, 6) is -5.20. The number of carboxylic acids is 3. The van der Waals surface area contributed by atoms with E-state index in [-0.39, 0.29) is 0 Å². The Labute approximate surface area is 84.3 Å². The van der Waals surface area contributed by atoms with E-state index in [1.165, 1.54) is 6.92 Å². The van der Waals surface area contributed by atoms with E-state index in [4.69, 9.17) is 15.3 Å². The molecule has 0 saturated carbocycles. The molecule has 0 amide bonds. The Morgan fingerprint density at radius 1 is 1.20 bits per heavy atom. The highest BCUT2D eigenvalue weighted by molar-refractivity contribution is 6.00. The van der Waals surface area contributed by atoms with Gasteiger partial charge in [0.25, 0.3) is 0 Å². The lowest BCUT2D eigenvalue weighted by Gasteiger charge is -2.21. The first kappa shape index (κ1) is 13.1. The maximum absolute atomic E-state index is 10.6. The Kier molecular flexibility index (Phi) is 3.98. The van der Waals surface area contributed by atoms with Crippen LogP contribution in [0.1, 0.15) is 13.3 Å². The van der Waals surface area contributed by atoms with Crippen molar-refractivity contribution in [3.05, 3.63) is 11.6 Å². The highest BCUT2D eigenvalue weighted by Gasteiger charge is 2.45. The van der Waals surface area contributed by atoms with Crippen LogP contribution < -0.4 is 0 Å². The number of hydrogen-bond donors (Lipinski definition) is 4. The van der Waals surface area contributed by atoms with Crippen LogP contribution in [-0.4, -0.2) is 43.9 Å². The minimum atomic E-state index is -2.91. The molecule has 15 heavy (non-hydrogen) atoms. The van der Waals surface area contributed by atoms with E-state index in [1.807, 2.05) is 0 Å². The summed E-state index contributed by atoms with van der Waals surface area (Å²) in [6, 6.07) is 0. The van der Waals surface area contributed by atoms with Crippen molar-refractivity contribution in [2.24, 2.45) is 0 Å². The van der Waals surface area contributed by atoms with Gasteiger partial charge in [-0.15, -0.1) is 0 Å². The maximum Gasteiger partial charge on any atom is 0.341 e. The maximum atomic E-state index is 10.6. The average molecular weight is 218 g/mol. The van der Waals surface area contributed by atoms with Crippen LogP contribution in [0.15, 0.2) is 11.6 Å². The molecule has 0 aliphatic heterocycles. The van der Waals surface area contributed by atoms with Gasteiger partial charge in [-0.05, 0) is 6.92 Å². The third-order valence-corrected chi connectivity index (χ3v) is 1.73. The molecule has 0 aromatic carbocycles. The molecule has 0 fully saturated rings. The van der Waals surface area contributed by atoms with Gasteiger partial charge in [0.1, 0.15) is 0 Å². The topological polar surface area (TPSA) is 132 Å². The highest BCUT2D eigenvalue weighted by Crippen LogP contribution is 2.22. The molecule has 0 rings (SSSR count). The quantitative estimate of drug-likeness (QED) is 0.449. The minimum Gasteiger partial charge on any atom is -0.481 e. The summed E-state index contributed by atoms with van der Waals surface area (Å²) in [6.07, 6.45) is -0.367. The molecular weight excluding hydrogens is 208 g/mol. The second-order valence-corrected chi connectivity index (χ2v) is 2.74. The van der Waals surface area contributed by atoms with Crippen LogP contribution in [0.2, 0.25) is 0 Å². The molecule has 0 aliphatic rings. The Morgan fingerprint density at radius 2 is 1.67 bits per heavy atom. The van der Waals surface area contributed by atoms with Crippen molar-refractivity contribution in [2.45, 2.75) is 18.9 Å². The Hall–Kier alpha value is -1.89. The lowest BCUT2D eigenvalue weighted by molar-refractivity contribution is -0.163. The number of aliphatic carboxylic acids is 3. The van der Waals surface area contributed by atoms with E-state index in [9.17, 15) is 19.5 Å². The third kappa shape index (κ3) is 2.78. The van der Waals surface area contributed by atoms with Crippen molar-refractivity contribution in [3.63, 3.8) is 0 Å². The minimum absolute atomic E-state index is 0.847. The molecule has 7 nitrogen and oxygen atoms in total. The Bertz CT molecular complexity index is 330. The Balaban J connectivity index is 5.37. The third-order valence-electron chi connectivity index (χ3n) is 1.73. The average Bonchev–Trinajstić information content (AvgIpc) is 2.02. The van der Waals surface area contributed by atoms with E-state index < -0.39 is 35.5 Å². The molecule has 0 aromatic rings. The van der Waals surface area contributed by atoms with Crippen molar-refractivity contribution in [1.29, 1.82) is 0 Å². The zero-order valence-electron chi connectivity index (χ0n) is 7.80. The lowest BCUT2D eigenvalue weighted by Crippen LogP contribution is -2.45. The molecule has 1 atom stereocenters. The molecule has 0 heterocycles. The van der Waals surface area contributed by atoms with Gasteiger partial charge in [-0.3, -0.25) is 4.79 Å². The first-order valence-electron chi connectivity index (χ1n) is 3.83. The van der Waals surface area contributed by atoms with Crippen molar-refractivity contribution in [3.8, 4) is 0 Å². The molecule has 0 saturated heterocycles. The first-order chi connectivity index (χ1) is 6.75. The standard InChI is InChI=1S/C8H10O7/c1-2-4(6(11)12)8(15,7(13)14)3-5(9)10/h2,15H,3H2,1H3,(H,9,10)(H,11,12)(H,13,14)/b4-2+. The van der Waals surface area contributed by atoms with Gasteiger partial charge in [-0.25, -0.2) is 9.59 Å². The molecule has 0 aliphatic carbocycles. The lowest BCUT2D eigenvalue weighted by atomic mass is 9.90. The van der Waals surface area contributed by atoms with E-state index in [0.717, 1.165) is 6.08 Å². The van der Waals surface area contributed by atoms with Crippen LogP contribution in [0.3, 0.4) is 0 Å². The van der Waals surface area contributed by atoms with Crippen molar-refractivity contribution >= 4 is 17.9 Å². The van der Waals surface area contributed by atoms with E-state index in [2.05, 4.69) is 0 Å². The molecule has 4 N–H and O–H groups in total. The molecule has 7 heteroatoms. The summed E-state index contributed by atoms with van der Waals surface area (Å²) in [5.41, 5.74) is -3.79. The number of aliphatic hydroxyl groups is 1. The van der Waals surface area contributed by atoms with E-state index in [0.29, 0.717) is 0 Å². The van der Waals surface area contributed by atoms with Gasteiger partial charge in [-0.2, -0.15) is 0 Å². The van der Waals surface area contributed by atoms with Gasteiger partial charge in [0.2, 0.25) is 5.60 Å². The summed E-state index contributed by atoms with van der Waals surface area (Å²) in [5, 5.41) is 35.0. The fourth-order valence-electron chi connectivity index (χ4n) is 1.04. The number of allylic oxidation sites excluding steroid dienone is 1. The van der Waals surface area contributed by atoms with E-state index >= 15 is 0 Å². The predicted molar refractivity (Wildman–Crippen MR) is 46.2 cm³/mol. The first-order valence-corrected chi connectivity index (χ1v) is 3.83. The van der Waals surface area contributed by atoms with Crippen LogP contribution in [0.4, 0.5) is 0 Å². The highest BCUT2D eigenvalue weighted by atomic mass is 16.4. The van der Waals surface area contributed by atoms with Crippen molar-refractivity contribution in [2.75, 3.05) is 0 Å². The number of rotatable bonds is 5. The molecule has 0 aromatic heterocycles. The smallest absolute Gasteiger partial charge is 0.341 e. The van der Waals surface area contributed by atoms with Crippen LogP contribution in [0.25, 0.3) is 0 Å². The van der Waals surface area contributed by atoms with Crippen LogP contribution in [0.5, 0.6) is 0 Å².